The molecule has 1 rings (SSSR count). The SMILES string of the molecule is COC(=O)C1(NC(C)C)CCN(N(C)C)CC1. The Morgan fingerprint density at radius 1 is 1.35 bits per heavy atom. The minimum atomic E-state index is -0.505. The first-order chi connectivity index (χ1) is 7.91. The molecule has 0 amide bonds. The smallest absolute Gasteiger partial charge is 0.326 e. The van der Waals surface area contributed by atoms with Crippen molar-refractivity contribution in [3.8, 4) is 0 Å². The van der Waals surface area contributed by atoms with E-state index in [1.54, 1.807) is 0 Å². The number of nitrogens with zero attached hydrogens (tertiary/aromatic N) is 2. The van der Waals surface area contributed by atoms with Crippen LogP contribution in [0, 0.1) is 0 Å². The Labute approximate surface area is 104 Å². The summed E-state index contributed by atoms with van der Waals surface area (Å²) in [5.41, 5.74) is -0.505. The number of hydrogen-bond donors (Lipinski definition) is 1. The van der Waals surface area contributed by atoms with E-state index in [0.29, 0.717) is 0 Å². The maximum absolute atomic E-state index is 12.0. The molecule has 5 heteroatoms. The molecule has 0 spiro atoms. The zero-order chi connectivity index (χ0) is 13.1. The third-order valence-corrected chi connectivity index (χ3v) is 3.30. The van der Waals surface area contributed by atoms with Crippen LogP contribution < -0.4 is 5.32 Å². The van der Waals surface area contributed by atoms with E-state index in [4.69, 9.17) is 4.74 Å². The van der Waals surface area contributed by atoms with Gasteiger partial charge < -0.3 is 4.74 Å². The first-order valence-corrected chi connectivity index (χ1v) is 6.19. The molecule has 1 aliphatic heterocycles. The molecular weight excluding hydrogens is 218 g/mol. The molecule has 0 atom stereocenters. The zero-order valence-corrected chi connectivity index (χ0v) is 11.6. The Morgan fingerprint density at radius 2 is 1.88 bits per heavy atom. The second kappa shape index (κ2) is 5.80. The van der Waals surface area contributed by atoms with E-state index in [1.807, 2.05) is 14.1 Å². The summed E-state index contributed by atoms with van der Waals surface area (Å²) in [6.07, 6.45) is 1.58. The summed E-state index contributed by atoms with van der Waals surface area (Å²) < 4.78 is 4.96. The van der Waals surface area contributed by atoms with E-state index < -0.39 is 5.54 Å². The van der Waals surface area contributed by atoms with Gasteiger partial charge in [0.15, 0.2) is 0 Å². The summed E-state index contributed by atoms with van der Waals surface area (Å²) >= 11 is 0. The first-order valence-electron chi connectivity index (χ1n) is 6.19. The fourth-order valence-corrected chi connectivity index (χ4v) is 2.43. The minimum Gasteiger partial charge on any atom is -0.468 e. The number of ether oxygens (including phenoxy) is 1. The molecule has 1 aliphatic rings. The lowest BCUT2D eigenvalue weighted by molar-refractivity contribution is -0.153. The number of hydrazine groups is 1. The third kappa shape index (κ3) is 3.40. The van der Waals surface area contributed by atoms with Gasteiger partial charge >= 0.3 is 5.97 Å². The van der Waals surface area contributed by atoms with Crippen molar-refractivity contribution in [1.82, 2.24) is 15.3 Å². The quantitative estimate of drug-likeness (QED) is 0.727. The topological polar surface area (TPSA) is 44.8 Å². The molecule has 1 heterocycles. The highest BCUT2D eigenvalue weighted by Gasteiger charge is 2.42. The van der Waals surface area contributed by atoms with Crippen LogP contribution >= 0.6 is 0 Å². The summed E-state index contributed by atoms with van der Waals surface area (Å²) in [6, 6.07) is 0.278. The Morgan fingerprint density at radius 3 is 2.24 bits per heavy atom. The summed E-state index contributed by atoms with van der Waals surface area (Å²) in [7, 11) is 5.52. The van der Waals surface area contributed by atoms with Crippen LogP contribution in [-0.4, -0.2) is 61.9 Å². The Balaban J connectivity index is 2.72. The lowest BCUT2D eigenvalue weighted by Crippen LogP contribution is -2.61. The van der Waals surface area contributed by atoms with Gasteiger partial charge in [0, 0.05) is 33.2 Å². The van der Waals surface area contributed by atoms with Crippen LogP contribution in [0.25, 0.3) is 0 Å². The second-order valence-corrected chi connectivity index (χ2v) is 5.17. The lowest BCUT2D eigenvalue weighted by atomic mass is 9.87. The van der Waals surface area contributed by atoms with Crippen LogP contribution in [0.3, 0.4) is 0 Å². The van der Waals surface area contributed by atoms with Crippen LogP contribution in [0.4, 0.5) is 0 Å². The number of esters is 1. The summed E-state index contributed by atoms with van der Waals surface area (Å²) in [5.74, 6) is -0.135. The average molecular weight is 243 g/mol. The summed E-state index contributed by atoms with van der Waals surface area (Å²) in [6.45, 7) is 5.87. The molecule has 0 aromatic carbocycles. The highest BCUT2D eigenvalue weighted by Crippen LogP contribution is 2.24. The predicted octanol–water partition coefficient (Wildman–Crippen LogP) is 0.469. The molecule has 0 bridgehead atoms. The third-order valence-electron chi connectivity index (χ3n) is 3.30. The van der Waals surface area contributed by atoms with Crippen LogP contribution in [0.15, 0.2) is 0 Å². The largest absolute Gasteiger partial charge is 0.468 e. The fourth-order valence-electron chi connectivity index (χ4n) is 2.43. The van der Waals surface area contributed by atoms with Crippen molar-refractivity contribution in [2.75, 3.05) is 34.3 Å². The van der Waals surface area contributed by atoms with Crippen LogP contribution in [0.5, 0.6) is 0 Å². The molecule has 1 fully saturated rings. The van der Waals surface area contributed by atoms with E-state index in [-0.39, 0.29) is 12.0 Å². The second-order valence-electron chi connectivity index (χ2n) is 5.17. The molecule has 0 aromatic rings. The van der Waals surface area contributed by atoms with Crippen LogP contribution in [0.2, 0.25) is 0 Å². The van der Waals surface area contributed by atoms with Gasteiger partial charge in [-0.25, -0.2) is 10.0 Å². The molecule has 5 nitrogen and oxygen atoms in total. The van der Waals surface area contributed by atoms with Crippen molar-refractivity contribution in [2.45, 2.75) is 38.3 Å². The van der Waals surface area contributed by atoms with Gasteiger partial charge in [0.2, 0.25) is 0 Å². The van der Waals surface area contributed by atoms with Gasteiger partial charge in [0.25, 0.3) is 0 Å². The fraction of sp³-hybridized carbons (Fsp3) is 0.917. The van der Waals surface area contributed by atoms with Gasteiger partial charge in [-0.05, 0) is 26.7 Å². The molecule has 0 unspecified atom stereocenters. The van der Waals surface area contributed by atoms with Gasteiger partial charge in [0.05, 0.1) is 7.11 Å². The highest BCUT2D eigenvalue weighted by molar-refractivity contribution is 5.81. The first kappa shape index (κ1) is 14.4. The maximum atomic E-state index is 12.0. The van der Waals surface area contributed by atoms with E-state index in [0.717, 1.165) is 25.9 Å². The van der Waals surface area contributed by atoms with Gasteiger partial charge in [-0.3, -0.25) is 10.1 Å². The molecule has 0 saturated carbocycles. The number of piperidine rings is 1. The standard InChI is InChI=1S/C12H25N3O2/c1-10(2)13-12(11(16)17-5)6-8-15(9-7-12)14(3)4/h10,13H,6-9H2,1-5H3. The molecule has 0 aromatic heterocycles. The van der Waals surface area contributed by atoms with Gasteiger partial charge in [0.1, 0.15) is 5.54 Å². The van der Waals surface area contributed by atoms with Crippen molar-refractivity contribution in [3.63, 3.8) is 0 Å². The van der Waals surface area contributed by atoms with E-state index in [1.165, 1.54) is 7.11 Å². The molecular formula is C12H25N3O2. The molecule has 17 heavy (non-hydrogen) atoms. The predicted molar refractivity (Wildman–Crippen MR) is 67.5 cm³/mol. The Kier molecular flexibility index (Phi) is 4.91. The number of carbonyl (C=O) groups excluding carboxylic acids is 1. The Bertz CT molecular complexity index is 258. The van der Waals surface area contributed by atoms with Crippen molar-refractivity contribution >= 4 is 5.97 Å². The Hall–Kier alpha value is -0.650. The van der Waals surface area contributed by atoms with Crippen molar-refractivity contribution < 1.29 is 9.53 Å². The van der Waals surface area contributed by atoms with Gasteiger partial charge in [-0.1, -0.05) is 0 Å². The van der Waals surface area contributed by atoms with Crippen molar-refractivity contribution in [2.24, 2.45) is 0 Å². The molecule has 0 aliphatic carbocycles. The van der Waals surface area contributed by atoms with Crippen molar-refractivity contribution in [1.29, 1.82) is 0 Å². The summed E-state index contributed by atoms with van der Waals surface area (Å²) in [5, 5.41) is 7.70. The number of methoxy groups -OCH3 is 1. The zero-order valence-electron chi connectivity index (χ0n) is 11.6. The molecule has 100 valence electrons. The summed E-state index contributed by atoms with van der Waals surface area (Å²) in [4.78, 5) is 12.0. The van der Waals surface area contributed by atoms with Crippen LogP contribution in [0.1, 0.15) is 26.7 Å². The average Bonchev–Trinajstić information content (AvgIpc) is 2.27. The maximum Gasteiger partial charge on any atom is 0.326 e. The number of carbonyl (C=O) groups is 1. The lowest BCUT2D eigenvalue weighted by Gasteiger charge is -2.43. The highest BCUT2D eigenvalue weighted by atomic mass is 16.5. The van der Waals surface area contributed by atoms with E-state index >= 15 is 0 Å². The van der Waals surface area contributed by atoms with Crippen molar-refractivity contribution in [3.05, 3.63) is 0 Å². The van der Waals surface area contributed by atoms with Gasteiger partial charge in [-0.15, -0.1) is 0 Å². The van der Waals surface area contributed by atoms with E-state index in [9.17, 15) is 4.79 Å². The van der Waals surface area contributed by atoms with Crippen LogP contribution in [-0.2, 0) is 9.53 Å². The molecule has 1 N–H and O–H groups in total. The molecule has 0 radical (unpaired) electrons. The number of nitrogens with one attached hydrogen (secondary N) is 1. The monoisotopic (exact) mass is 243 g/mol. The number of rotatable bonds is 4. The van der Waals surface area contributed by atoms with Gasteiger partial charge in [-0.2, -0.15) is 0 Å². The minimum absolute atomic E-state index is 0.135. The normalized spacial score (nSPS) is 20.9. The number of hydrogen-bond acceptors (Lipinski definition) is 5. The molecule has 1 saturated heterocycles. The van der Waals surface area contributed by atoms with E-state index in [2.05, 4.69) is 29.2 Å².